The van der Waals surface area contributed by atoms with Crippen molar-refractivity contribution in [1.29, 1.82) is 0 Å². The van der Waals surface area contributed by atoms with Gasteiger partial charge in [0.25, 0.3) is 5.91 Å². The van der Waals surface area contributed by atoms with Crippen LogP contribution in [0.5, 0.6) is 0 Å². The molecule has 1 aromatic heterocycles. The second-order valence-corrected chi connectivity index (χ2v) is 5.85. The summed E-state index contributed by atoms with van der Waals surface area (Å²) in [5, 5.41) is 3.35. The molecule has 0 radical (unpaired) electrons. The summed E-state index contributed by atoms with van der Waals surface area (Å²) in [5.74, 6) is -0.0302. The summed E-state index contributed by atoms with van der Waals surface area (Å²) in [5.41, 5.74) is 3.85. The maximum absolute atomic E-state index is 12.4. The van der Waals surface area contributed by atoms with Gasteiger partial charge in [0.05, 0.1) is 0 Å². The minimum Gasteiger partial charge on any atom is -0.381 e. The molecule has 1 aromatic carbocycles. The molecule has 2 rings (SSSR count). The average Bonchev–Trinajstić information content (AvgIpc) is 2.58. The lowest BCUT2D eigenvalue weighted by Gasteiger charge is -2.16. The number of hydrogen-bond donors (Lipinski definition) is 1. The van der Waals surface area contributed by atoms with Crippen LogP contribution < -0.4 is 5.32 Å². The van der Waals surface area contributed by atoms with Gasteiger partial charge in [0.1, 0.15) is 5.69 Å². The summed E-state index contributed by atoms with van der Waals surface area (Å²) in [7, 11) is 1.83. The maximum Gasteiger partial charge on any atom is 0.272 e. The van der Waals surface area contributed by atoms with Crippen molar-refractivity contribution in [3.05, 3.63) is 59.4 Å². The number of aryl methyl sites for hydroxylation is 1. The van der Waals surface area contributed by atoms with Crippen LogP contribution in [0, 0.1) is 6.92 Å². The highest BCUT2D eigenvalue weighted by atomic mass is 16.2. The topological polar surface area (TPSA) is 45.2 Å². The average molecular weight is 311 g/mol. The van der Waals surface area contributed by atoms with E-state index in [1.54, 1.807) is 11.1 Å². The number of rotatable bonds is 7. The van der Waals surface area contributed by atoms with Crippen LogP contribution in [0.4, 0.5) is 5.69 Å². The Labute approximate surface area is 138 Å². The smallest absolute Gasteiger partial charge is 0.272 e. The van der Waals surface area contributed by atoms with E-state index in [0.717, 1.165) is 31.6 Å². The summed E-state index contributed by atoms with van der Waals surface area (Å²) < 4.78 is 0. The van der Waals surface area contributed by atoms with Gasteiger partial charge in [-0.2, -0.15) is 0 Å². The van der Waals surface area contributed by atoms with E-state index in [4.69, 9.17) is 0 Å². The Morgan fingerprint density at radius 1 is 1.22 bits per heavy atom. The van der Waals surface area contributed by atoms with Crippen molar-refractivity contribution in [1.82, 2.24) is 9.88 Å². The molecule has 1 N–H and O–H groups in total. The Bertz CT molecular complexity index is 637. The van der Waals surface area contributed by atoms with Crippen molar-refractivity contribution in [2.45, 2.75) is 33.2 Å². The van der Waals surface area contributed by atoms with Crippen LogP contribution >= 0.6 is 0 Å². The first-order valence-electron chi connectivity index (χ1n) is 8.11. The number of pyridine rings is 1. The van der Waals surface area contributed by atoms with Gasteiger partial charge in [0.15, 0.2) is 0 Å². The number of amides is 1. The number of nitrogens with zero attached hydrogens (tertiary/aromatic N) is 2. The first-order chi connectivity index (χ1) is 11.1. The summed E-state index contributed by atoms with van der Waals surface area (Å²) in [6, 6.07) is 12.1. The second kappa shape index (κ2) is 8.32. The lowest BCUT2D eigenvalue weighted by molar-refractivity contribution is 0.0787. The van der Waals surface area contributed by atoms with Crippen molar-refractivity contribution in [2.75, 3.05) is 18.9 Å². The molecular weight excluding hydrogens is 286 g/mol. The Balaban J connectivity index is 1.98. The molecule has 0 fully saturated rings. The van der Waals surface area contributed by atoms with E-state index < -0.39 is 0 Å². The second-order valence-electron chi connectivity index (χ2n) is 5.85. The van der Waals surface area contributed by atoms with Gasteiger partial charge in [-0.25, -0.2) is 0 Å². The third-order valence-corrected chi connectivity index (χ3v) is 3.79. The first-order valence-corrected chi connectivity index (χ1v) is 8.11. The number of aromatic nitrogens is 1. The van der Waals surface area contributed by atoms with Crippen LogP contribution in [0.3, 0.4) is 0 Å². The van der Waals surface area contributed by atoms with Crippen LogP contribution in [0.2, 0.25) is 0 Å². The van der Waals surface area contributed by atoms with Crippen molar-refractivity contribution in [3.8, 4) is 0 Å². The predicted octanol–water partition coefficient (Wildman–Crippen LogP) is 3.87. The zero-order valence-corrected chi connectivity index (χ0v) is 14.2. The van der Waals surface area contributed by atoms with E-state index >= 15 is 0 Å². The van der Waals surface area contributed by atoms with Gasteiger partial charge in [0, 0.05) is 32.0 Å². The normalized spacial score (nSPS) is 10.4. The third kappa shape index (κ3) is 5.09. The molecule has 4 nitrogen and oxygen atoms in total. The van der Waals surface area contributed by atoms with Gasteiger partial charge in [-0.1, -0.05) is 43.2 Å². The molecule has 0 aliphatic heterocycles. The van der Waals surface area contributed by atoms with Crippen molar-refractivity contribution in [3.63, 3.8) is 0 Å². The molecule has 0 atom stereocenters. The quantitative estimate of drug-likeness (QED) is 0.844. The Morgan fingerprint density at radius 2 is 1.96 bits per heavy atom. The molecule has 2 aromatic rings. The zero-order chi connectivity index (χ0) is 16.7. The van der Waals surface area contributed by atoms with Crippen LogP contribution in [0.15, 0.2) is 42.6 Å². The van der Waals surface area contributed by atoms with E-state index in [2.05, 4.69) is 48.4 Å². The van der Waals surface area contributed by atoms with Crippen LogP contribution in [-0.2, 0) is 6.54 Å². The number of unbranched alkanes of at least 4 members (excludes halogenated alkanes) is 1. The van der Waals surface area contributed by atoms with E-state index in [1.807, 2.05) is 19.2 Å². The Morgan fingerprint density at radius 3 is 2.65 bits per heavy atom. The molecule has 4 heteroatoms. The highest BCUT2D eigenvalue weighted by Crippen LogP contribution is 2.12. The van der Waals surface area contributed by atoms with E-state index in [0.29, 0.717) is 5.69 Å². The molecule has 0 saturated carbocycles. The number of hydrogen-bond acceptors (Lipinski definition) is 3. The molecule has 122 valence electrons. The van der Waals surface area contributed by atoms with Gasteiger partial charge < -0.3 is 10.2 Å². The minimum absolute atomic E-state index is 0.0302. The molecule has 1 heterocycles. The van der Waals surface area contributed by atoms with Gasteiger partial charge in [-0.3, -0.25) is 9.78 Å². The maximum atomic E-state index is 12.4. The molecule has 0 unspecified atom stereocenters. The molecule has 0 bridgehead atoms. The molecule has 1 amide bonds. The number of carbonyl (C=O) groups is 1. The van der Waals surface area contributed by atoms with Crippen LogP contribution in [0.1, 0.15) is 41.4 Å². The number of anilines is 1. The summed E-state index contributed by atoms with van der Waals surface area (Å²) in [4.78, 5) is 18.3. The molecule has 0 spiro atoms. The fourth-order valence-corrected chi connectivity index (χ4v) is 2.26. The lowest BCUT2D eigenvalue weighted by Crippen LogP contribution is -2.28. The fraction of sp³-hybridized carbons (Fsp3) is 0.368. The summed E-state index contributed by atoms with van der Waals surface area (Å²) in [6.07, 6.45) is 3.76. The van der Waals surface area contributed by atoms with Gasteiger partial charge >= 0.3 is 0 Å². The number of carbonyl (C=O) groups excluding carboxylic acids is 1. The molecular formula is C19H25N3O. The third-order valence-electron chi connectivity index (χ3n) is 3.79. The van der Waals surface area contributed by atoms with Gasteiger partial charge in [-0.15, -0.1) is 0 Å². The van der Waals surface area contributed by atoms with Crippen molar-refractivity contribution >= 4 is 11.6 Å². The standard InChI is InChI=1S/C19H25N3O/c1-4-5-12-22(3)19(23)18-13-17(10-11-20-18)21-14-16-8-6-15(2)7-9-16/h6-11,13H,4-5,12,14H2,1-3H3,(H,20,21). The SMILES string of the molecule is CCCCN(C)C(=O)c1cc(NCc2ccc(C)cc2)ccn1. The number of nitrogens with one attached hydrogen (secondary N) is 1. The number of benzene rings is 1. The molecule has 0 aliphatic rings. The van der Waals surface area contributed by atoms with E-state index in [1.165, 1.54) is 11.1 Å². The van der Waals surface area contributed by atoms with Crippen molar-refractivity contribution < 1.29 is 4.79 Å². The van der Waals surface area contributed by atoms with Crippen LogP contribution in [-0.4, -0.2) is 29.4 Å². The highest BCUT2D eigenvalue weighted by molar-refractivity contribution is 5.92. The first kappa shape index (κ1) is 17.0. The van der Waals surface area contributed by atoms with E-state index in [9.17, 15) is 4.79 Å². The zero-order valence-electron chi connectivity index (χ0n) is 14.2. The highest BCUT2D eigenvalue weighted by Gasteiger charge is 2.12. The molecule has 0 aliphatic carbocycles. The largest absolute Gasteiger partial charge is 0.381 e. The predicted molar refractivity (Wildman–Crippen MR) is 94.6 cm³/mol. The lowest BCUT2D eigenvalue weighted by atomic mass is 10.1. The van der Waals surface area contributed by atoms with E-state index in [-0.39, 0.29) is 5.91 Å². The molecule has 0 saturated heterocycles. The summed E-state index contributed by atoms with van der Waals surface area (Å²) >= 11 is 0. The Hall–Kier alpha value is -2.36. The summed E-state index contributed by atoms with van der Waals surface area (Å²) in [6.45, 7) is 5.68. The Kier molecular flexibility index (Phi) is 6.15. The van der Waals surface area contributed by atoms with Crippen molar-refractivity contribution in [2.24, 2.45) is 0 Å². The monoisotopic (exact) mass is 311 g/mol. The fourth-order valence-electron chi connectivity index (χ4n) is 2.26. The van der Waals surface area contributed by atoms with Gasteiger partial charge in [0.2, 0.25) is 0 Å². The molecule has 23 heavy (non-hydrogen) atoms. The van der Waals surface area contributed by atoms with Crippen LogP contribution in [0.25, 0.3) is 0 Å². The minimum atomic E-state index is -0.0302. The van der Waals surface area contributed by atoms with Gasteiger partial charge in [-0.05, 0) is 31.0 Å².